The van der Waals surface area contributed by atoms with Crippen molar-refractivity contribution in [2.24, 2.45) is 5.16 Å². The van der Waals surface area contributed by atoms with Gasteiger partial charge in [-0.05, 0) is 19.3 Å². The van der Waals surface area contributed by atoms with E-state index >= 15 is 0 Å². The van der Waals surface area contributed by atoms with Crippen molar-refractivity contribution in [3.63, 3.8) is 0 Å². The Morgan fingerprint density at radius 1 is 0.846 bits per heavy atom. The van der Waals surface area contributed by atoms with Gasteiger partial charge in [-0.25, -0.2) is 12.7 Å². The van der Waals surface area contributed by atoms with Crippen molar-refractivity contribution < 1.29 is 68.5 Å². The van der Waals surface area contributed by atoms with Crippen LogP contribution >= 0.6 is 11.8 Å². The summed E-state index contributed by atoms with van der Waals surface area (Å²) >= 11 is 0.632. The second-order valence-corrected chi connectivity index (χ2v) is 12.7. The summed E-state index contributed by atoms with van der Waals surface area (Å²) in [4.78, 5) is 47.1. The smallest absolute Gasteiger partial charge is 0.463 e. The molecule has 0 aromatic heterocycles. The third-order valence-corrected chi connectivity index (χ3v) is 7.05. The zero-order chi connectivity index (χ0) is 30.0. The summed E-state index contributed by atoms with van der Waals surface area (Å²) in [6.45, 7) is 3.76. The first-order chi connectivity index (χ1) is 17.9. The van der Waals surface area contributed by atoms with Gasteiger partial charge in [-0.3, -0.25) is 23.7 Å². The third-order valence-electron chi connectivity index (χ3n) is 4.59. The van der Waals surface area contributed by atoms with Crippen molar-refractivity contribution in [2.45, 2.75) is 76.8 Å². The van der Waals surface area contributed by atoms with Crippen molar-refractivity contribution in [3.8, 4) is 0 Å². The summed E-state index contributed by atoms with van der Waals surface area (Å²) in [5.74, 6) is -3.42. The SMILES string of the molecule is CC(=O)OC[C@H]1O[C@@H](S/C(CCCCS(C)(=O)=O)=N\OS(=O)(=O)O)[C@H](OC(C)=O)[C@H](OC(C)=O)[C@H]1OC(C)=O. The molecule has 0 aromatic carbocycles. The molecule has 1 fully saturated rings. The molecule has 0 amide bonds. The standard InChI is InChI=1S/C20H31NO15S3/c1-11(22)31-10-15-17(32-12(2)23)18(33-13(3)24)19(34-14(4)25)20(35-15)37-16(21-36-39(28,29)30)8-6-7-9-38(5,26)27/h15,17-20H,6-10H2,1-5H3,(H,28,29,30)/b21-16-/t15-,17+,18-,19-,20+/m1/s1. The van der Waals surface area contributed by atoms with Crippen LogP contribution < -0.4 is 0 Å². The molecule has 1 rings (SSSR count). The van der Waals surface area contributed by atoms with Crippen LogP contribution in [-0.4, -0.2) is 98.8 Å². The van der Waals surface area contributed by atoms with Crippen LogP contribution in [-0.2, 0) is 67.4 Å². The number of sulfone groups is 1. The van der Waals surface area contributed by atoms with E-state index in [-0.39, 0.29) is 30.1 Å². The van der Waals surface area contributed by atoms with Crippen molar-refractivity contribution in [1.82, 2.24) is 0 Å². The Hall–Kier alpha value is -2.48. The fourth-order valence-electron chi connectivity index (χ4n) is 3.27. The Morgan fingerprint density at radius 3 is 1.87 bits per heavy atom. The number of carbonyl (C=O) groups excluding carboxylic acids is 4. The lowest BCUT2D eigenvalue weighted by molar-refractivity contribution is -0.237. The number of unbranched alkanes of at least 4 members (excludes halogenated alkanes) is 1. The van der Waals surface area contributed by atoms with Crippen LogP contribution in [0.3, 0.4) is 0 Å². The summed E-state index contributed by atoms with van der Waals surface area (Å²) in [6.07, 6.45) is -4.34. The number of rotatable bonds is 13. The molecule has 1 aliphatic rings. The molecule has 0 radical (unpaired) electrons. The van der Waals surface area contributed by atoms with E-state index in [4.69, 9.17) is 28.2 Å². The number of carbonyl (C=O) groups is 4. The summed E-state index contributed by atoms with van der Waals surface area (Å²) in [5, 5.41) is 3.23. The highest BCUT2D eigenvalue weighted by Gasteiger charge is 2.52. The maximum atomic E-state index is 11.9. The van der Waals surface area contributed by atoms with Crippen molar-refractivity contribution in [1.29, 1.82) is 0 Å². The molecule has 0 unspecified atom stereocenters. The van der Waals surface area contributed by atoms with Crippen molar-refractivity contribution in [2.75, 3.05) is 18.6 Å². The average molecular weight is 622 g/mol. The molecule has 0 aliphatic carbocycles. The number of hydrogen-bond donors (Lipinski definition) is 1. The Labute approximate surface area is 229 Å². The van der Waals surface area contributed by atoms with Crippen LogP contribution in [0.25, 0.3) is 0 Å². The quantitative estimate of drug-likeness (QED) is 0.0549. The molecule has 224 valence electrons. The number of oxime groups is 1. The molecule has 0 bridgehead atoms. The number of thioether (sulfide) groups is 1. The molecule has 0 spiro atoms. The van der Waals surface area contributed by atoms with Crippen LogP contribution in [0, 0.1) is 0 Å². The first kappa shape index (κ1) is 34.5. The first-order valence-electron chi connectivity index (χ1n) is 11.3. The van der Waals surface area contributed by atoms with Gasteiger partial charge in [0.05, 0.1) is 0 Å². The Kier molecular flexibility index (Phi) is 13.6. The highest BCUT2D eigenvalue weighted by atomic mass is 32.3. The van der Waals surface area contributed by atoms with E-state index in [0.717, 1.165) is 34.0 Å². The van der Waals surface area contributed by atoms with Crippen LogP contribution in [0.4, 0.5) is 0 Å². The Bertz CT molecular complexity index is 1140. The molecule has 0 aromatic rings. The van der Waals surface area contributed by atoms with E-state index in [9.17, 15) is 36.0 Å². The minimum atomic E-state index is -5.03. The zero-order valence-corrected chi connectivity index (χ0v) is 24.2. The van der Waals surface area contributed by atoms with Gasteiger partial charge in [0.15, 0.2) is 18.3 Å². The highest BCUT2D eigenvalue weighted by Crippen LogP contribution is 2.36. The Morgan fingerprint density at radius 2 is 1.38 bits per heavy atom. The molecule has 1 saturated heterocycles. The monoisotopic (exact) mass is 621 g/mol. The van der Waals surface area contributed by atoms with Crippen LogP contribution in [0.5, 0.6) is 0 Å². The minimum absolute atomic E-state index is 0.0808. The number of nitrogens with zero attached hydrogens (tertiary/aromatic N) is 1. The number of hydrogen-bond acceptors (Lipinski definition) is 16. The minimum Gasteiger partial charge on any atom is -0.463 e. The van der Waals surface area contributed by atoms with E-state index in [0.29, 0.717) is 11.8 Å². The molecule has 5 atom stereocenters. The predicted molar refractivity (Wildman–Crippen MR) is 133 cm³/mol. The lowest BCUT2D eigenvalue weighted by Crippen LogP contribution is -2.61. The molecule has 1 heterocycles. The molecule has 39 heavy (non-hydrogen) atoms. The normalized spacial score (nSPS) is 23.8. The van der Waals surface area contributed by atoms with Gasteiger partial charge in [-0.15, -0.1) is 0 Å². The maximum absolute atomic E-state index is 11.9. The van der Waals surface area contributed by atoms with Gasteiger partial charge in [0.1, 0.15) is 33.0 Å². The lowest BCUT2D eigenvalue weighted by Gasteiger charge is -2.44. The molecule has 16 nitrogen and oxygen atoms in total. The molecule has 1 aliphatic heterocycles. The number of ether oxygens (including phenoxy) is 5. The summed E-state index contributed by atoms with van der Waals surface area (Å²) in [6, 6.07) is 0. The first-order valence-corrected chi connectivity index (χ1v) is 15.6. The van der Waals surface area contributed by atoms with Crippen molar-refractivity contribution in [3.05, 3.63) is 0 Å². The molecule has 0 saturated carbocycles. The van der Waals surface area contributed by atoms with Gasteiger partial charge in [0, 0.05) is 39.7 Å². The average Bonchev–Trinajstić information content (AvgIpc) is 2.75. The van der Waals surface area contributed by atoms with Gasteiger partial charge in [-0.2, -0.15) is 8.42 Å². The second kappa shape index (κ2) is 15.3. The van der Waals surface area contributed by atoms with Gasteiger partial charge >= 0.3 is 34.3 Å². The van der Waals surface area contributed by atoms with Crippen LogP contribution in [0.2, 0.25) is 0 Å². The third kappa shape index (κ3) is 14.5. The van der Waals surface area contributed by atoms with Crippen LogP contribution in [0.15, 0.2) is 5.16 Å². The lowest BCUT2D eigenvalue weighted by atomic mass is 9.99. The van der Waals surface area contributed by atoms with E-state index in [1.54, 1.807) is 0 Å². The zero-order valence-electron chi connectivity index (χ0n) is 21.8. The summed E-state index contributed by atoms with van der Waals surface area (Å²) in [5.41, 5.74) is -1.34. The molecule has 19 heteroatoms. The largest absolute Gasteiger partial charge is 0.466 e. The predicted octanol–water partition coefficient (Wildman–Crippen LogP) is 0.151. The van der Waals surface area contributed by atoms with E-state index < -0.39 is 80.6 Å². The fraction of sp³-hybridized carbons (Fsp3) is 0.750. The summed E-state index contributed by atoms with van der Waals surface area (Å²) < 4.78 is 84.9. The van der Waals surface area contributed by atoms with Gasteiger partial charge < -0.3 is 23.7 Å². The topological polar surface area (TPSA) is 225 Å². The van der Waals surface area contributed by atoms with E-state index in [1.807, 2.05) is 0 Å². The van der Waals surface area contributed by atoms with Crippen molar-refractivity contribution >= 4 is 60.9 Å². The van der Waals surface area contributed by atoms with Crippen LogP contribution in [0.1, 0.15) is 47.0 Å². The molecular formula is C20H31NO15S3. The van der Waals surface area contributed by atoms with E-state index in [2.05, 4.69) is 9.44 Å². The maximum Gasteiger partial charge on any atom is 0.466 e. The highest BCUT2D eigenvalue weighted by molar-refractivity contribution is 8.14. The number of esters is 4. The summed E-state index contributed by atoms with van der Waals surface area (Å²) in [7, 11) is -8.32. The molecule has 1 N–H and O–H groups in total. The molecular weight excluding hydrogens is 590 g/mol. The van der Waals surface area contributed by atoms with Gasteiger partial charge in [-0.1, -0.05) is 16.9 Å². The fourth-order valence-corrected chi connectivity index (χ4v) is 5.39. The van der Waals surface area contributed by atoms with E-state index in [1.165, 1.54) is 0 Å². The van der Waals surface area contributed by atoms with Gasteiger partial charge in [0.2, 0.25) is 0 Å². The Balaban J connectivity index is 3.44. The second-order valence-electron chi connectivity index (χ2n) is 8.26. The van der Waals surface area contributed by atoms with Gasteiger partial charge in [0.25, 0.3) is 0 Å².